The molecule has 0 radical (unpaired) electrons. The highest BCUT2D eigenvalue weighted by atomic mass is 16.5. The van der Waals surface area contributed by atoms with Gasteiger partial charge >= 0.3 is 0 Å². The van der Waals surface area contributed by atoms with E-state index in [1.807, 2.05) is 18.7 Å². The predicted molar refractivity (Wildman–Crippen MR) is 130 cm³/mol. The lowest BCUT2D eigenvalue weighted by molar-refractivity contribution is 0.181. The van der Waals surface area contributed by atoms with Crippen molar-refractivity contribution in [2.24, 2.45) is 10.9 Å². The van der Waals surface area contributed by atoms with Crippen molar-refractivity contribution in [1.29, 1.82) is 0 Å². The number of hydrogen-bond donors (Lipinski definition) is 1. The topological polar surface area (TPSA) is 54.7 Å². The number of rotatable bonds is 8. The van der Waals surface area contributed by atoms with E-state index in [4.69, 9.17) is 9.73 Å². The molecule has 32 heavy (non-hydrogen) atoms. The molecule has 1 aliphatic rings. The number of nitrogens with zero attached hydrogens (tertiary/aromatic N) is 4. The molecule has 1 saturated heterocycles. The number of imidazole rings is 1. The van der Waals surface area contributed by atoms with Gasteiger partial charge < -0.3 is 19.5 Å². The van der Waals surface area contributed by atoms with Gasteiger partial charge in [0.05, 0.1) is 19.5 Å². The van der Waals surface area contributed by atoms with Crippen LogP contribution in [-0.2, 0) is 17.8 Å². The second-order valence-electron chi connectivity index (χ2n) is 8.37. The van der Waals surface area contributed by atoms with E-state index in [9.17, 15) is 0 Å². The van der Waals surface area contributed by atoms with E-state index < -0.39 is 0 Å². The second kappa shape index (κ2) is 11.0. The van der Waals surface area contributed by atoms with Gasteiger partial charge in [-0.25, -0.2) is 9.98 Å². The van der Waals surface area contributed by atoms with Crippen molar-refractivity contribution in [1.82, 2.24) is 19.8 Å². The fourth-order valence-corrected chi connectivity index (χ4v) is 4.15. The molecule has 3 aromatic rings. The van der Waals surface area contributed by atoms with Crippen LogP contribution >= 0.6 is 0 Å². The summed E-state index contributed by atoms with van der Waals surface area (Å²) in [5, 5.41) is 3.44. The Hall–Kier alpha value is -3.12. The molecule has 0 spiro atoms. The van der Waals surface area contributed by atoms with Crippen molar-refractivity contribution >= 4 is 5.96 Å². The summed E-state index contributed by atoms with van der Waals surface area (Å²) in [6.45, 7) is 7.12. The minimum atomic E-state index is 0.581. The molecule has 1 aromatic heterocycles. The molecular weight excluding hydrogens is 398 g/mol. The Morgan fingerprint density at radius 2 is 2.06 bits per heavy atom. The van der Waals surface area contributed by atoms with Crippen LogP contribution in [0.2, 0.25) is 0 Å². The lowest BCUT2D eigenvalue weighted by atomic mass is 9.98. The third kappa shape index (κ3) is 5.77. The molecule has 0 amide bonds. The summed E-state index contributed by atoms with van der Waals surface area (Å²) >= 11 is 0. The van der Waals surface area contributed by atoms with Gasteiger partial charge in [-0.1, -0.05) is 48.5 Å². The maximum absolute atomic E-state index is 5.54. The first-order chi connectivity index (χ1) is 15.7. The first kappa shape index (κ1) is 22.1. The summed E-state index contributed by atoms with van der Waals surface area (Å²) in [5.41, 5.74) is 4.93. The second-order valence-corrected chi connectivity index (χ2v) is 8.37. The molecular formula is C26H33N5O. The van der Waals surface area contributed by atoms with Gasteiger partial charge in [0.1, 0.15) is 0 Å². The molecule has 1 unspecified atom stereocenters. The van der Waals surface area contributed by atoms with Crippen LogP contribution in [0.1, 0.15) is 24.5 Å². The molecule has 4 rings (SSSR count). The molecule has 168 valence electrons. The number of hydrogen-bond acceptors (Lipinski definition) is 3. The molecule has 6 heteroatoms. The van der Waals surface area contributed by atoms with Crippen LogP contribution < -0.4 is 5.32 Å². The quantitative estimate of drug-likeness (QED) is 0.432. The van der Waals surface area contributed by atoms with Gasteiger partial charge in [-0.15, -0.1) is 0 Å². The fraction of sp³-hybridized carbons (Fsp3) is 0.385. The first-order valence-electron chi connectivity index (χ1n) is 11.4. The Kier molecular flexibility index (Phi) is 7.56. The van der Waals surface area contributed by atoms with Gasteiger partial charge in [0, 0.05) is 51.6 Å². The van der Waals surface area contributed by atoms with Crippen LogP contribution in [0.3, 0.4) is 0 Å². The summed E-state index contributed by atoms with van der Waals surface area (Å²) in [4.78, 5) is 11.3. The van der Waals surface area contributed by atoms with E-state index in [-0.39, 0.29) is 0 Å². The Balaban J connectivity index is 1.48. The number of aromatic nitrogens is 2. The smallest absolute Gasteiger partial charge is 0.193 e. The SMILES string of the molecule is CCNC(=NCc1ccccc1-c1ccc(Cn2ccnc2)cc1)N(C)CC1CCOC1. The fourth-order valence-electron chi connectivity index (χ4n) is 4.15. The number of aliphatic imine (C=N–C) groups is 1. The van der Waals surface area contributed by atoms with Crippen LogP contribution in [0.15, 0.2) is 72.2 Å². The van der Waals surface area contributed by atoms with Crippen molar-refractivity contribution in [3.63, 3.8) is 0 Å². The van der Waals surface area contributed by atoms with E-state index in [2.05, 4.69) is 82.3 Å². The molecule has 0 bridgehead atoms. The van der Waals surface area contributed by atoms with E-state index in [0.717, 1.165) is 45.2 Å². The van der Waals surface area contributed by atoms with E-state index in [1.54, 1.807) is 0 Å². The summed E-state index contributed by atoms with van der Waals surface area (Å²) in [7, 11) is 2.12. The minimum absolute atomic E-state index is 0.581. The third-order valence-corrected chi connectivity index (χ3v) is 5.86. The Morgan fingerprint density at radius 1 is 1.22 bits per heavy atom. The van der Waals surface area contributed by atoms with Crippen LogP contribution in [0.4, 0.5) is 0 Å². The van der Waals surface area contributed by atoms with Crippen LogP contribution in [0, 0.1) is 5.92 Å². The van der Waals surface area contributed by atoms with Crippen molar-refractivity contribution < 1.29 is 4.74 Å². The molecule has 1 fully saturated rings. The summed E-state index contributed by atoms with van der Waals surface area (Å²) < 4.78 is 7.62. The van der Waals surface area contributed by atoms with Gasteiger partial charge in [-0.3, -0.25) is 0 Å². The number of benzene rings is 2. The average Bonchev–Trinajstić information content (AvgIpc) is 3.52. The number of nitrogens with one attached hydrogen (secondary N) is 1. The monoisotopic (exact) mass is 431 g/mol. The Morgan fingerprint density at radius 3 is 2.78 bits per heavy atom. The van der Waals surface area contributed by atoms with Gasteiger partial charge in [0.25, 0.3) is 0 Å². The van der Waals surface area contributed by atoms with Gasteiger partial charge in [-0.2, -0.15) is 0 Å². The van der Waals surface area contributed by atoms with E-state index >= 15 is 0 Å². The summed E-state index contributed by atoms with van der Waals surface area (Å²) in [6.07, 6.45) is 6.77. The molecule has 2 aromatic carbocycles. The van der Waals surface area contributed by atoms with Crippen molar-refractivity contribution in [2.75, 3.05) is 33.4 Å². The third-order valence-electron chi connectivity index (χ3n) is 5.86. The highest BCUT2D eigenvalue weighted by Gasteiger charge is 2.19. The van der Waals surface area contributed by atoms with E-state index in [1.165, 1.54) is 22.3 Å². The minimum Gasteiger partial charge on any atom is -0.381 e. The normalized spacial score (nSPS) is 16.3. The molecule has 1 atom stereocenters. The highest BCUT2D eigenvalue weighted by molar-refractivity contribution is 5.80. The van der Waals surface area contributed by atoms with Crippen molar-refractivity contribution in [2.45, 2.75) is 26.4 Å². The molecule has 2 heterocycles. The zero-order valence-corrected chi connectivity index (χ0v) is 19.1. The van der Waals surface area contributed by atoms with Crippen LogP contribution in [-0.4, -0.2) is 53.8 Å². The maximum Gasteiger partial charge on any atom is 0.193 e. The summed E-state index contributed by atoms with van der Waals surface area (Å²) in [5.74, 6) is 1.53. The number of guanidine groups is 1. The van der Waals surface area contributed by atoms with Crippen LogP contribution in [0.25, 0.3) is 11.1 Å². The Bertz CT molecular complexity index is 991. The van der Waals surface area contributed by atoms with Gasteiger partial charge in [0.2, 0.25) is 0 Å². The predicted octanol–water partition coefficient (Wildman–Crippen LogP) is 4.03. The van der Waals surface area contributed by atoms with E-state index in [0.29, 0.717) is 12.5 Å². The largest absolute Gasteiger partial charge is 0.381 e. The molecule has 0 aliphatic carbocycles. The summed E-state index contributed by atoms with van der Waals surface area (Å²) in [6, 6.07) is 17.3. The maximum atomic E-state index is 5.54. The average molecular weight is 432 g/mol. The first-order valence-corrected chi connectivity index (χ1v) is 11.4. The number of ether oxygens (including phenoxy) is 1. The van der Waals surface area contributed by atoms with Crippen molar-refractivity contribution in [3.05, 3.63) is 78.4 Å². The molecule has 1 N–H and O–H groups in total. The van der Waals surface area contributed by atoms with Gasteiger partial charge in [0.15, 0.2) is 5.96 Å². The molecule has 1 aliphatic heterocycles. The zero-order chi connectivity index (χ0) is 22.2. The lowest BCUT2D eigenvalue weighted by Crippen LogP contribution is -2.41. The lowest BCUT2D eigenvalue weighted by Gasteiger charge is -2.24. The zero-order valence-electron chi connectivity index (χ0n) is 19.1. The van der Waals surface area contributed by atoms with Gasteiger partial charge in [-0.05, 0) is 35.6 Å². The standard InChI is InChI=1S/C26H33N5O/c1-3-28-26(30(2)17-22-12-15-32-19-22)29-16-24-6-4-5-7-25(24)23-10-8-21(9-11-23)18-31-14-13-27-20-31/h4-11,13-14,20,22H,3,12,15-19H2,1-2H3,(H,28,29). The molecule has 6 nitrogen and oxygen atoms in total. The Labute approximate surface area is 191 Å². The highest BCUT2D eigenvalue weighted by Crippen LogP contribution is 2.25. The van der Waals surface area contributed by atoms with Crippen LogP contribution in [0.5, 0.6) is 0 Å². The molecule has 0 saturated carbocycles. The van der Waals surface area contributed by atoms with Crippen molar-refractivity contribution in [3.8, 4) is 11.1 Å².